The molecule has 8 heteroatoms. The molecule has 0 aliphatic carbocycles. The Kier molecular flexibility index (Phi) is 9.42. The lowest BCUT2D eigenvalue weighted by Gasteiger charge is -2.45. The van der Waals surface area contributed by atoms with Gasteiger partial charge in [-0.15, -0.1) is 0 Å². The number of hydrogen-bond acceptors (Lipinski definition) is 6. The zero-order valence-electron chi connectivity index (χ0n) is 20.2. The Labute approximate surface area is 184 Å². The molecule has 2 unspecified atom stereocenters. The van der Waals surface area contributed by atoms with Crippen LogP contribution in [0, 0.1) is 5.41 Å². The summed E-state index contributed by atoms with van der Waals surface area (Å²) in [5, 5.41) is 20.3. The molecule has 0 aliphatic rings. The predicted molar refractivity (Wildman–Crippen MR) is 124 cm³/mol. The summed E-state index contributed by atoms with van der Waals surface area (Å²) in [6, 6.07) is 0. The molecular weight excluding hydrogens is 397 g/mol. The third-order valence-electron chi connectivity index (χ3n) is 6.17. The highest BCUT2D eigenvalue weighted by Gasteiger charge is 2.47. The lowest BCUT2D eigenvalue weighted by Crippen LogP contribution is -2.48. The van der Waals surface area contributed by atoms with Crippen LogP contribution in [0.15, 0.2) is 6.20 Å². The number of aliphatic hydroxyl groups is 2. The molecule has 1 aromatic heterocycles. The third kappa shape index (κ3) is 5.99. The first-order chi connectivity index (χ1) is 13.7. The number of hydrogen-bond donors (Lipinski definition) is 2. The molecule has 0 saturated carbocycles. The van der Waals surface area contributed by atoms with Gasteiger partial charge in [-0.1, -0.05) is 48.0 Å². The van der Waals surface area contributed by atoms with Crippen LogP contribution in [-0.4, -0.2) is 57.8 Å². The Morgan fingerprint density at radius 3 is 2.23 bits per heavy atom. The Hall–Kier alpha value is -1.09. The number of aliphatic hydroxyl groups excluding tert-OH is 2. The van der Waals surface area contributed by atoms with E-state index < -0.39 is 25.9 Å². The summed E-state index contributed by atoms with van der Waals surface area (Å²) in [6.45, 7) is 16.7. The predicted octanol–water partition coefficient (Wildman–Crippen LogP) is 3.51. The second kappa shape index (κ2) is 10.5. The van der Waals surface area contributed by atoms with E-state index >= 15 is 0 Å². The topological polar surface area (TPSA) is 81.0 Å². The number of aromatic nitrogens is 1. The van der Waals surface area contributed by atoms with E-state index in [4.69, 9.17) is 21.7 Å². The van der Waals surface area contributed by atoms with Crippen LogP contribution in [0.2, 0.25) is 18.1 Å². The van der Waals surface area contributed by atoms with Crippen LogP contribution in [0.5, 0.6) is 11.5 Å². The van der Waals surface area contributed by atoms with Gasteiger partial charge in [-0.05, 0) is 30.0 Å². The lowest BCUT2D eigenvalue weighted by molar-refractivity contribution is -0.0673. The van der Waals surface area contributed by atoms with Gasteiger partial charge in [-0.25, -0.2) is 0 Å². The molecule has 0 amide bonds. The summed E-state index contributed by atoms with van der Waals surface area (Å²) >= 11 is 0. The van der Waals surface area contributed by atoms with E-state index in [-0.39, 0.29) is 11.6 Å². The Balaban J connectivity index is 3.62. The van der Waals surface area contributed by atoms with E-state index in [0.717, 1.165) is 12.8 Å². The number of methoxy groups -OCH3 is 1. The van der Waals surface area contributed by atoms with Crippen molar-refractivity contribution >= 4 is 21.6 Å². The second-order valence-corrected chi connectivity index (χ2v) is 14.7. The summed E-state index contributed by atoms with van der Waals surface area (Å²) < 4.78 is 18.4. The molecular formula is C22H40BNO5Si. The average molecular weight is 437 g/mol. The molecule has 170 valence electrons. The van der Waals surface area contributed by atoms with Crippen molar-refractivity contribution in [1.82, 2.24) is 4.98 Å². The van der Waals surface area contributed by atoms with E-state index in [1.807, 2.05) is 13.8 Å². The first-order valence-corrected chi connectivity index (χ1v) is 13.6. The van der Waals surface area contributed by atoms with Gasteiger partial charge in [0.25, 0.3) is 0 Å². The van der Waals surface area contributed by atoms with Crippen LogP contribution in [0.4, 0.5) is 0 Å². The van der Waals surface area contributed by atoms with Crippen molar-refractivity contribution in [2.24, 2.45) is 5.41 Å². The van der Waals surface area contributed by atoms with Crippen LogP contribution in [0.3, 0.4) is 0 Å². The quantitative estimate of drug-likeness (QED) is 0.407. The highest BCUT2D eigenvalue weighted by molar-refractivity contribution is 6.74. The van der Waals surface area contributed by atoms with Crippen molar-refractivity contribution in [3.63, 3.8) is 0 Å². The molecule has 2 N–H and O–H groups in total. The van der Waals surface area contributed by atoms with E-state index in [2.05, 4.69) is 45.8 Å². The van der Waals surface area contributed by atoms with Crippen molar-refractivity contribution in [3.8, 4) is 11.5 Å². The average Bonchev–Trinajstić information content (AvgIpc) is 2.65. The molecule has 1 rings (SSSR count). The zero-order chi connectivity index (χ0) is 23.3. The summed E-state index contributed by atoms with van der Waals surface area (Å²) in [5.41, 5.74) is 0.0558. The molecule has 0 aromatic carbocycles. The monoisotopic (exact) mass is 437 g/mol. The summed E-state index contributed by atoms with van der Waals surface area (Å²) in [4.78, 5) is 4.56. The maximum atomic E-state index is 10.6. The fraction of sp³-hybridized carbons (Fsp3) is 0.773. The van der Waals surface area contributed by atoms with Crippen LogP contribution in [0.1, 0.15) is 66.2 Å². The minimum absolute atomic E-state index is 0.0625. The van der Waals surface area contributed by atoms with Crippen molar-refractivity contribution in [2.75, 3.05) is 20.3 Å². The van der Waals surface area contributed by atoms with Gasteiger partial charge in [0.15, 0.2) is 19.8 Å². The fourth-order valence-electron chi connectivity index (χ4n) is 2.80. The third-order valence-corrected chi connectivity index (χ3v) is 10.6. The minimum Gasteiger partial charge on any atom is -0.491 e. The largest absolute Gasteiger partial charge is 0.491 e. The van der Waals surface area contributed by atoms with E-state index in [1.54, 1.807) is 13.3 Å². The molecule has 1 heterocycles. The number of pyridine rings is 1. The van der Waals surface area contributed by atoms with Gasteiger partial charge in [-0.3, -0.25) is 4.98 Å². The van der Waals surface area contributed by atoms with E-state index in [0.29, 0.717) is 29.3 Å². The molecule has 2 atom stereocenters. The first-order valence-electron chi connectivity index (χ1n) is 10.7. The molecule has 0 bridgehead atoms. The Morgan fingerprint density at radius 1 is 1.17 bits per heavy atom. The fourth-order valence-corrected chi connectivity index (χ4v) is 4.15. The molecule has 2 radical (unpaired) electrons. The summed E-state index contributed by atoms with van der Waals surface area (Å²) in [6.07, 6.45) is 1.78. The smallest absolute Gasteiger partial charge is 0.193 e. The normalized spacial score (nSPS) is 15.0. The van der Waals surface area contributed by atoms with Gasteiger partial charge in [0.1, 0.15) is 13.5 Å². The van der Waals surface area contributed by atoms with Crippen molar-refractivity contribution in [3.05, 3.63) is 11.9 Å². The van der Waals surface area contributed by atoms with Gasteiger partial charge in [0.05, 0.1) is 32.5 Å². The maximum absolute atomic E-state index is 10.6. The van der Waals surface area contributed by atoms with Gasteiger partial charge in [-0.2, -0.15) is 0 Å². The SMILES string of the molecule is [B]c1cnc(C(O[Si](C)(C)C(C)(C)C)C(C)(C)C(O)CO)c(OC)c1OCCCC. The van der Waals surface area contributed by atoms with Crippen LogP contribution < -0.4 is 14.9 Å². The molecule has 6 nitrogen and oxygen atoms in total. The Bertz CT molecular complexity index is 691. The zero-order valence-corrected chi connectivity index (χ0v) is 21.2. The maximum Gasteiger partial charge on any atom is 0.193 e. The van der Waals surface area contributed by atoms with Crippen molar-refractivity contribution in [2.45, 2.75) is 84.7 Å². The number of ether oxygens (including phenoxy) is 2. The number of unbranched alkanes of at least 4 members (excludes halogenated alkanes) is 1. The molecule has 0 fully saturated rings. The molecule has 0 spiro atoms. The van der Waals surface area contributed by atoms with Crippen molar-refractivity contribution in [1.29, 1.82) is 0 Å². The summed E-state index contributed by atoms with van der Waals surface area (Å²) in [5.74, 6) is 0.849. The van der Waals surface area contributed by atoms with E-state index in [1.165, 1.54) is 0 Å². The molecule has 0 saturated heterocycles. The molecule has 30 heavy (non-hydrogen) atoms. The standard InChI is InChI=1S/C22H40BNO5Si/c1-10-11-12-28-18-15(23)13-24-17(19(18)27-7)20(22(5,6)16(26)14-25)29-30(8,9)21(2,3)4/h13,16,20,25-26H,10-12,14H2,1-9H3. The van der Waals surface area contributed by atoms with E-state index in [9.17, 15) is 10.2 Å². The lowest BCUT2D eigenvalue weighted by atomic mass is 9.79. The van der Waals surface area contributed by atoms with Gasteiger partial charge in [0, 0.05) is 11.6 Å². The second-order valence-electron chi connectivity index (χ2n) is 9.94. The molecule has 1 aromatic rings. The molecule has 0 aliphatic heterocycles. The number of rotatable bonds is 11. The van der Waals surface area contributed by atoms with Gasteiger partial charge >= 0.3 is 0 Å². The van der Waals surface area contributed by atoms with Gasteiger partial charge in [0.2, 0.25) is 0 Å². The Morgan fingerprint density at radius 2 is 1.77 bits per heavy atom. The van der Waals surface area contributed by atoms with Crippen LogP contribution in [0.25, 0.3) is 0 Å². The van der Waals surface area contributed by atoms with Gasteiger partial charge < -0.3 is 24.1 Å². The highest BCUT2D eigenvalue weighted by Crippen LogP contribution is 2.49. The first kappa shape index (κ1) is 26.9. The minimum atomic E-state index is -2.28. The summed E-state index contributed by atoms with van der Waals surface area (Å²) in [7, 11) is 5.42. The van der Waals surface area contributed by atoms with Crippen LogP contribution in [-0.2, 0) is 4.43 Å². The van der Waals surface area contributed by atoms with Crippen LogP contribution >= 0.6 is 0 Å². The highest BCUT2D eigenvalue weighted by atomic mass is 28.4. The van der Waals surface area contributed by atoms with Crippen molar-refractivity contribution < 1.29 is 24.1 Å². The number of nitrogens with zero attached hydrogens (tertiary/aromatic N) is 1.